The number of rotatable bonds is 4. The minimum Gasteiger partial charge on any atom is -0.384 e. The fraction of sp³-hybridized carbons (Fsp3) is 0.333. The maximum absolute atomic E-state index is 12.4. The van der Waals surface area contributed by atoms with Gasteiger partial charge in [0, 0.05) is 25.4 Å². The lowest BCUT2D eigenvalue weighted by molar-refractivity contribution is 0.390. The summed E-state index contributed by atoms with van der Waals surface area (Å²) in [5.41, 5.74) is 6.90. The van der Waals surface area contributed by atoms with Crippen molar-refractivity contribution in [1.82, 2.24) is 14.4 Å². The SMILES string of the molecule is Cc1noc(C)c1CN(C)S(=O)(=O)c1ccc(N)nc1. The van der Waals surface area contributed by atoms with Gasteiger partial charge in [0.15, 0.2) is 0 Å². The van der Waals surface area contributed by atoms with Gasteiger partial charge in [0.05, 0.1) is 5.69 Å². The van der Waals surface area contributed by atoms with Crippen LogP contribution in [0.2, 0.25) is 0 Å². The van der Waals surface area contributed by atoms with Crippen molar-refractivity contribution in [3.8, 4) is 0 Å². The molecule has 0 fully saturated rings. The van der Waals surface area contributed by atoms with Crippen LogP contribution in [-0.2, 0) is 16.6 Å². The minimum absolute atomic E-state index is 0.0981. The molecule has 8 heteroatoms. The van der Waals surface area contributed by atoms with E-state index < -0.39 is 10.0 Å². The highest BCUT2D eigenvalue weighted by atomic mass is 32.2. The van der Waals surface area contributed by atoms with Gasteiger partial charge >= 0.3 is 0 Å². The Kier molecular flexibility index (Phi) is 3.78. The summed E-state index contributed by atoms with van der Waals surface area (Å²) in [6.07, 6.45) is 1.24. The lowest BCUT2D eigenvalue weighted by atomic mass is 10.2. The van der Waals surface area contributed by atoms with Crippen molar-refractivity contribution in [2.24, 2.45) is 0 Å². The second-order valence-electron chi connectivity index (χ2n) is 4.48. The van der Waals surface area contributed by atoms with Gasteiger partial charge < -0.3 is 10.3 Å². The van der Waals surface area contributed by atoms with Crippen LogP contribution in [-0.4, -0.2) is 29.9 Å². The van der Waals surface area contributed by atoms with Crippen LogP contribution in [0.1, 0.15) is 17.0 Å². The van der Waals surface area contributed by atoms with Gasteiger partial charge in [-0.1, -0.05) is 5.16 Å². The molecule has 0 amide bonds. The highest BCUT2D eigenvalue weighted by Crippen LogP contribution is 2.20. The van der Waals surface area contributed by atoms with Crippen LogP contribution in [0.4, 0.5) is 5.82 Å². The van der Waals surface area contributed by atoms with Crippen LogP contribution in [0.15, 0.2) is 27.7 Å². The Morgan fingerprint density at radius 2 is 2.05 bits per heavy atom. The van der Waals surface area contributed by atoms with E-state index in [4.69, 9.17) is 10.3 Å². The first-order chi connectivity index (χ1) is 9.32. The topological polar surface area (TPSA) is 102 Å². The summed E-state index contributed by atoms with van der Waals surface area (Å²) in [7, 11) is -2.12. The molecule has 108 valence electrons. The molecule has 7 nitrogen and oxygen atoms in total. The fourth-order valence-corrected chi connectivity index (χ4v) is 2.84. The third-order valence-electron chi connectivity index (χ3n) is 3.03. The van der Waals surface area contributed by atoms with Crippen LogP contribution in [0.25, 0.3) is 0 Å². The van der Waals surface area contributed by atoms with Gasteiger partial charge in [0.2, 0.25) is 10.0 Å². The Labute approximate surface area is 117 Å². The van der Waals surface area contributed by atoms with E-state index >= 15 is 0 Å². The summed E-state index contributed by atoms with van der Waals surface area (Å²) < 4.78 is 31.0. The summed E-state index contributed by atoms with van der Waals surface area (Å²) in [4.78, 5) is 3.90. The third-order valence-corrected chi connectivity index (χ3v) is 4.82. The number of aryl methyl sites for hydroxylation is 2. The zero-order chi connectivity index (χ0) is 14.9. The van der Waals surface area contributed by atoms with E-state index in [1.54, 1.807) is 13.8 Å². The monoisotopic (exact) mass is 296 g/mol. The van der Waals surface area contributed by atoms with E-state index in [2.05, 4.69) is 10.1 Å². The van der Waals surface area contributed by atoms with Crippen molar-refractivity contribution in [1.29, 1.82) is 0 Å². The number of pyridine rings is 1. The molecule has 0 saturated heterocycles. The summed E-state index contributed by atoms with van der Waals surface area (Å²) in [6.45, 7) is 3.71. The Bertz CT molecular complexity index is 687. The van der Waals surface area contributed by atoms with Crippen molar-refractivity contribution in [3.63, 3.8) is 0 Å². The molecule has 0 aliphatic rings. The molecular weight excluding hydrogens is 280 g/mol. The number of nitrogens with zero attached hydrogens (tertiary/aromatic N) is 3. The summed E-state index contributed by atoms with van der Waals surface area (Å²) in [6, 6.07) is 2.89. The number of hydrogen-bond acceptors (Lipinski definition) is 6. The van der Waals surface area contributed by atoms with Crippen LogP contribution < -0.4 is 5.73 Å². The number of nitrogens with two attached hydrogens (primary N) is 1. The van der Waals surface area contributed by atoms with Crippen molar-refractivity contribution in [2.45, 2.75) is 25.3 Å². The van der Waals surface area contributed by atoms with Crippen LogP contribution in [0.3, 0.4) is 0 Å². The van der Waals surface area contributed by atoms with Gasteiger partial charge in [-0.3, -0.25) is 0 Å². The molecule has 2 N–H and O–H groups in total. The Morgan fingerprint density at radius 3 is 2.55 bits per heavy atom. The molecule has 2 aromatic rings. The van der Waals surface area contributed by atoms with Gasteiger partial charge in [-0.15, -0.1) is 0 Å². The molecule has 0 aliphatic carbocycles. The summed E-state index contributed by atoms with van der Waals surface area (Å²) in [5.74, 6) is 0.886. The zero-order valence-electron chi connectivity index (χ0n) is 11.5. The van der Waals surface area contributed by atoms with Gasteiger partial charge in [0.1, 0.15) is 16.5 Å². The molecule has 2 rings (SSSR count). The first-order valence-electron chi connectivity index (χ1n) is 5.92. The van der Waals surface area contributed by atoms with Crippen molar-refractivity contribution in [3.05, 3.63) is 35.3 Å². The molecule has 0 unspecified atom stereocenters. The number of nitrogen functional groups attached to an aromatic ring is 1. The molecule has 0 spiro atoms. The fourth-order valence-electron chi connectivity index (χ4n) is 1.76. The standard InChI is InChI=1S/C12H16N4O3S/c1-8-11(9(2)19-15-8)7-16(3)20(17,18)10-4-5-12(13)14-6-10/h4-6H,7H2,1-3H3,(H2,13,14). The van der Waals surface area contributed by atoms with E-state index in [0.717, 1.165) is 5.56 Å². The average Bonchev–Trinajstić information content (AvgIpc) is 2.71. The van der Waals surface area contributed by atoms with Crippen molar-refractivity contribution < 1.29 is 12.9 Å². The number of anilines is 1. The molecule has 2 aromatic heterocycles. The molecule has 0 bridgehead atoms. The molecule has 0 atom stereocenters. The third kappa shape index (κ3) is 2.66. The second-order valence-corrected chi connectivity index (χ2v) is 6.53. The number of hydrogen-bond donors (Lipinski definition) is 1. The van der Waals surface area contributed by atoms with Crippen LogP contribution >= 0.6 is 0 Å². The molecule has 0 aliphatic heterocycles. The lowest BCUT2D eigenvalue weighted by Crippen LogP contribution is -2.27. The normalized spacial score (nSPS) is 12.0. The Morgan fingerprint density at radius 1 is 1.35 bits per heavy atom. The second kappa shape index (κ2) is 5.22. The van der Waals surface area contributed by atoms with Crippen molar-refractivity contribution in [2.75, 3.05) is 12.8 Å². The summed E-state index contributed by atoms with van der Waals surface area (Å²) >= 11 is 0. The zero-order valence-corrected chi connectivity index (χ0v) is 12.3. The number of aromatic nitrogens is 2. The molecule has 20 heavy (non-hydrogen) atoms. The molecule has 2 heterocycles. The molecule has 0 radical (unpaired) electrons. The number of sulfonamides is 1. The van der Waals surface area contributed by atoms with Gasteiger partial charge in [-0.05, 0) is 26.0 Å². The first kappa shape index (κ1) is 14.5. The highest BCUT2D eigenvalue weighted by molar-refractivity contribution is 7.89. The van der Waals surface area contributed by atoms with E-state index in [0.29, 0.717) is 11.5 Å². The van der Waals surface area contributed by atoms with Crippen LogP contribution in [0, 0.1) is 13.8 Å². The minimum atomic E-state index is -3.62. The highest BCUT2D eigenvalue weighted by Gasteiger charge is 2.23. The maximum Gasteiger partial charge on any atom is 0.244 e. The molecular formula is C12H16N4O3S. The molecule has 0 aromatic carbocycles. The largest absolute Gasteiger partial charge is 0.384 e. The van der Waals surface area contributed by atoms with Gasteiger partial charge in [-0.25, -0.2) is 13.4 Å². The lowest BCUT2D eigenvalue weighted by Gasteiger charge is -2.16. The van der Waals surface area contributed by atoms with Gasteiger partial charge in [-0.2, -0.15) is 4.31 Å². The van der Waals surface area contributed by atoms with E-state index in [-0.39, 0.29) is 17.3 Å². The predicted molar refractivity (Wildman–Crippen MR) is 73.3 cm³/mol. The smallest absolute Gasteiger partial charge is 0.244 e. The van der Waals surface area contributed by atoms with E-state index in [9.17, 15) is 8.42 Å². The first-order valence-corrected chi connectivity index (χ1v) is 7.36. The van der Waals surface area contributed by atoms with Crippen LogP contribution in [0.5, 0.6) is 0 Å². The average molecular weight is 296 g/mol. The predicted octanol–water partition coefficient (Wildman–Crippen LogP) is 1.09. The quantitative estimate of drug-likeness (QED) is 0.906. The molecule has 0 saturated carbocycles. The van der Waals surface area contributed by atoms with E-state index in [1.165, 1.54) is 29.7 Å². The Hall–Kier alpha value is -1.93. The summed E-state index contributed by atoms with van der Waals surface area (Å²) in [5, 5.41) is 3.81. The van der Waals surface area contributed by atoms with Crippen molar-refractivity contribution >= 4 is 15.8 Å². The van der Waals surface area contributed by atoms with Gasteiger partial charge in [0.25, 0.3) is 0 Å². The van der Waals surface area contributed by atoms with E-state index in [1.807, 2.05) is 0 Å². The Balaban J connectivity index is 2.28. The maximum atomic E-state index is 12.4.